The number of hydrogen-bond acceptors (Lipinski definition) is 5. The van der Waals surface area contributed by atoms with Gasteiger partial charge >= 0.3 is 0 Å². The topological polar surface area (TPSA) is 85.3 Å². The van der Waals surface area contributed by atoms with E-state index in [2.05, 4.69) is 57.0 Å². The molecule has 38 heavy (non-hydrogen) atoms. The standard InChI is InChI=1S/C30H37N5O3/c1-18(21-8-10-25(37-7)11-9-21)34-16-23(14-28(34)36)19(2)38-27-13-22(12-26-29(27)33-20(3)32-26)24-15-31-35(17-24)30(4,5)6/h8-13,15,17-19,23H,14,16H2,1-7H3,(H,32,33). The summed E-state index contributed by atoms with van der Waals surface area (Å²) >= 11 is 0. The molecule has 3 atom stereocenters. The number of benzene rings is 2. The zero-order valence-electron chi connectivity index (χ0n) is 23.3. The fraction of sp³-hybridized carbons (Fsp3) is 0.433. The van der Waals surface area contributed by atoms with Gasteiger partial charge < -0.3 is 19.4 Å². The van der Waals surface area contributed by atoms with Gasteiger partial charge in [-0.3, -0.25) is 9.48 Å². The minimum atomic E-state index is -0.167. The lowest BCUT2D eigenvalue weighted by Gasteiger charge is -2.27. The Kier molecular flexibility index (Phi) is 6.67. The molecule has 3 unspecified atom stereocenters. The maximum absolute atomic E-state index is 13.0. The SMILES string of the molecule is COc1ccc(C(C)N2CC(C(C)Oc3cc(-c4cnn(C(C)(C)C)c4)cc4[nH]c(C)nc34)CC2=O)cc1. The van der Waals surface area contributed by atoms with Crippen molar-refractivity contribution in [2.45, 2.75) is 65.6 Å². The van der Waals surface area contributed by atoms with E-state index in [0.29, 0.717) is 18.7 Å². The molecule has 0 radical (unpaired) electrons. The van der Waals surface area contributed by atoms with E-state index in [4.69, 9.17) is 14.5 Å². The van der Waals surface area contributed by atoms with Crippen LogP contribution in [0.25, 0.3) is 22.2 Å². The first kappa shape index (κ1) is 25.8. The number of rotatable bonds is 7. The second-order valence-electron chi connectivity index (χ2n) is 11.3. The number of carbonyl (C=O) groups excluding carboxylic acids is 1. The Morgan fingerprint density at radius 2 is 1.84 bits per heavy atom. The molecule has 8 heteroatoms. The van der Waals surface area contributed by atoms with Crippen LogP contribution in [0.3, 0.4) is 0 Å². The average molecular weight is 516 g/mol. The van der Waals surface area contributed by atoms with Gasteiger partial charge in [-0.2, -0.15) is 5.10 Å². The highest BCUT2D eigenvalue weighted by molar-refractivity contribution is 5.87. The molecule has 1 fully saturated rings. The molecule has 4 aromatic rings. The Morgan fingerprint density at radius 3 is 2.50 bits per heavy atom. The van der Waals surface area contributed by atoms with Crippen LogP contribution < -0.4 is 9.47 Å². The number of imidazole rings is 1. The van der Waals surface area contributed by atoms with Gasteiger partial charge in [0.2, 0.25) is 5.91 Å². The number of aryl methyl sites for hydroxylation is 1. The van der Waals surface area contributed by atoms with Crippen molar-refractivity contribution in [3.63, 3.8) is 0 Å². The van der Waals surface area contributed by atoms with Crippen LogP contribution in [-0.4, -0.2) is 50.3 Å². The Morgan fingerprint density at radius 1 is 1.11 bits per heavy atom. The molecule has 0 aliphatic carbocycles. The van der Waals surface area contributed by atoms with Gasteiger partial charge in [0.05, 0.1) is 30.4 Å². The number of H-pyrrole nitrogens is 1. The largest absolute Gasteiger partial charge is 0.497 e. The summed E-state index contributed by atoms with van der Waals surface area (Å²) in [6, 6.07) is 12.0. The third-order valence-corrected chi connectivity index (χ3v) is 7.50. The summed E-state index contributed by atoms with van der Waals surface area (Å²) in [6.07, 6.45) is 4.24. The third-order valence-electron chi connectivity index (χ3n) is 7.50. The number of carbonyl (C=O) groups is 1. The fourth-order valence-corrected chi connectivity index (χ4v) is 5.11. The molecule has 5 rings (SSSR count). The van der Waals surface area contributed by atoms with Crippen molar-refractivity contribution < 1.29 is 14.3 Å². The zero-order chi connectivity index (χ0) is 27.2. The number of methoxy groups -OCH3 is 1. The summed E-state index contributed by atoms with van der Waals surface area (Å²) in [4.78, 5) is 23.0. The second-order valence-corrected chi connectivity index (χ2v) is 11.3. The van der Waals surface area contributed by atoms with E-state index < -0.39 is 0 Å². The minimum Gasteiger partial charge on any atom is -0.497 e. The number of aromatic amines is 1. The molecule has 0 spiro atoms. The van der Waals surface area contributed by atoms with E-state index in [1.54, 1.807) is 7.11 Å². The molecule has 200 valence electrons. The van der Waals surface area contributed by atoms with E-state index in [1.807, 2.05) is 53.0 Å². The number of ether oxygens (including phenoxy) is 2. The smallest absolute Gasteiger partial charge is 0.223 e. The van der Waals surface area contributed by atoms with Crippen LogP contribution in [0.5, 0.6) is 11.5 Å². The highest BCUT2D eigenvalue weighted by Gasteiger charge is 2.37. The van der Waals surface area contributed by atoms with E-state index in [9.17, 15) is 4.79 Å². The highest BCUT2D eigenvalue weighted by atomic mass is 16.5. The van der Waals surface area contributed by atoms with E-state index in [0.717, 1.165) is 39.3 Å². The van der Waals surface area contributed by atoms with Crippen molar-refractivity contribution in [3.8, 4) is 22.6 Å². The number of aromatic nitrogens is 4. The van der Waals surface area contributed by atoms with Gasteiger partial charge in [-0.1, -0.05) is 12.1 Å². The van der Waals surface area contributed by atoms with Gasteiger partial charge in [-0.15, -0.1) is 0 Å². The molecule has 0 saturated carbocycles. The van der Waals surface area contributed by atoms with Crippen molar-refractivity contribution in [2.24, 2.45) is 5.92 Å². The summed E-state index contributed by atoms with van der Waals surface area (Å²) in [7, 11) is 1.65. The van der Waals surface area contributed by atoms with Gasteiger partial charge in [-0.25, -0.2) is 4.98 Å². The average Bonchev–Trinajstić information content (AvgIpc) is 3.61. The Hall–Kier alpha value is -3.81. The number of amides is 1. The second kappa shape index (κ2) is 9.82. The molecule has 1 aliphatic rings. The molecule has 3 heterocycles. The van der Waals surface area contributed by atoms with E-state index in [1.165, 1.54) is 0 Å². The monoisotopic (exact) mass is 515 g/mol. The number of nitrogens with zero attached hydrogens (tertiary/aromatic N) is 4. The number of fused-ring (bicyclic) bond motifs is 1. The van der Waals surface area contributed by atoms with Gasteiger partial charge in [-0.05, 0) is 76.9 Å². The molecule has 8 nitrogen and oxygen atoms in total. The number of nitrogens with one attached hydrogen (secondary N) is 1. The molecular weight excluding hydrogens is 478 g/mol. The van der Waals surface area contributed by atoms with Gasteiger partial charge in [0.15, 0.2) is 0 Å². The molecule has 1 N–H and O–H groups in total. The lowest BCUT2D eigenvalue weighted by Crippen LogP contribution is -2.31. The van der Waals surface area contributed by atoms with E-state index in [-0.39, 0.29) is 29.5 Å². The molecule has 2 aromatic heterocycles. The van der Waals surface area contributed by atoms with Crippen molar-refractivity contribution in [3.05, 3.63) is 60.2 Å². The van der Waals surface area contributed by atoms with Crippen LogP contribution in [0.4, 0.5) is 0 Å². The maximum Gasteiger partial charge on any atom is 0.223 e. The lowest BCUT2D eigenvalue weighted by molar-refractivity contribution is -0.129. The Balaban J connectivity index is 1.37. The number of likely N-dealkylation sites (tertiary alicyclic amines) is 1. The first-order valence-corrected chi connectivity index (χ1v) is 13.2. The number of hydrogen-bond donors (Lipinski definition) is 1. The van der Waals surface area contributed by atoms with Crippen molar-refractivity contribution in [1.82, 2.24) is 24.6 Å². The quantitative estimate of drug-likeness (QED) is 0.332. The molecule has 2 aromatic carbocycles. The van der Waals surface area contributed by atoms with Gasteiger partial charge in [0.1, 0.15) is 28.9 Å². The summed E-state index contributed by atoms with van der Waals surface area (Å²) in [5, 5.41) is 4.57. The third kappa shape index (κ3) is 4.99. The predicted octanol–water partition coefficient (Wildman–Crippen LogP) is 5.88. The van der Waals surface area contributed by atoms with Crippen molar-refractivity contribution in [1.29, 1.82) is 0 Å². The molecule has 0 bridgehead atoms. The van der Waals surface area contributed by atoms with Crippen LogP contribution in [0.1, 0.15) is 58.5 Å². The van der Waals surface area contributed by atoms with Crippen molar-refractivity contribution >= 4 is 16.9 Å². The fourth-order valence-electron chi connectivity index (χ4n) is 5.11. The Labute approximate surface area is 224 Å². The van der Waals surface area contributed by atoms with Crippen LogP contribution in [0.2, 0.25) is 0 Å². The molecule has 1 amide bonds. The summed E-state index contributed by atoms with van der Waals surface area (Å²) in [6.45, 7) is 13.1. The van der Waals surface area contributed by atoms with Gasteiger partial charge in [0, 0.05) is 30.6 Å². The lowest BCUT2D eigenvalue weighted by atomic mass is 10.0. The van der Waals surface area contributed by atoms with Crippen molar-refractivity contribution in [2.75, 3.05) is 13.7 Å². The van der Waals surface area contributed by atoms with Crippen LogP contribution in [-0.2, 0) is 10.3 Å². The summed E-state index contributed by atoms with van der Waals surface area (Å²) in [5.74, 6) is 2.58. The van der Waals surface area contributed by atoms with Crippen LogP contribution >= 0.6 is 0 Å². The molecule has 1 saturated heterocycles. The molecule has 1 aliphatic heterocycles. The molecular formula is C30H37N5O3. The van der Waals surface area contributed by atoms with Crippen LogP contribution in [0.15, 0.2) is 48.8 Å². The van der Waals surface area contributed by atoms with Crippen LogP contribution in [0, 0.1) is 12.8 Å². The first-order valence-electron chi connectivity index (χ1n) is 13.2. The minimum absolute atomic E-state index is 0.0195. The first-order chi connectivity index (χ1) is 18.0. The summed E-state index contributed by atoms with van der Waals surface area (Å²) in [5.41, 5.74) is 4.73. The summed E-state index contributed by atoms with van der Waals surface area (Å²) < 4.78 is 13.8. The predicted molar refractivity (Wildman–Crippen MR) is 148 cm³/mol. The maximum atomic E-state index is 13.0. The highest BCUT2D eigenvalue weighted by Crippen LogP contribution is 2.36. The zero-order valence-corrected chi connectivity index (χ0v) is 23.3. The normalized spacial score (nSPS) is 17.7. The Bertz CT molecular complexity index is 1450. The van der Waals surface area contributed by atoms with E-state index >= 15 is 0 Å². The van der Waals surface area contributed by atoms with Gasteiger partial charge in [0.25, 0.3) is 0 Å².